The standard InChI is InChI=1S/C13H17B2BrClN3O4/c1-14-22-4-7-10(24-15-2)9(21)13(23-7)20-3-6(16)8-11(17)18-5-19-12(8)20/h3,5,7,9-10,13-15,21H,4H2,1-2H3/t7-,9-,10-,13-/m1/s1/i14D,15D. The lowest BCUT2D eigenvalue weighted by atomic mass is 10.0. The Morgan fingerprint density at radius 1 is 1.50 bits per heavy atom. The van der Waals surface area contributed by atoms with E-state index in [-0.39, 0.29) is 11.8 Å². The summed E-state index contributed by atoms with van der Waals surface area (Å²) in [6.45, 7) is 3.20. The summed E-state index contributed by atoms with van der Waals surface area (Å²) in [5.74, 6) is 0. The highest BCUT2D eigenvalue weighted by Gasteiger charge is 2.45. The third-order valence-corrected chi connectivity index (χ3v) is 4.71. The predicted octanol–water partition coefficient (Wildman–Crippen LogP) is 1.31. The lowest BCUT2D eigenvalue weighted by Crippen LogP contribution is -2.37. The summed E-state index contributed by atoms with van der Waals surface area (Å²) in [5, 5.41) is 11.7. The molecule has 1 N–H and O–H groups in total. The molecular weight excluding hydrogens is 399 g/mol. The van der Waals surface area contributed by atoms with Crippen molar-refractivity contribution in [3.8, 4) is 0 Å². The third kappa shape index (κ3) is 3.23. The van der Waals surface area contributed by atoms with Crippen LogP contribution in [0.3, 0.4) is 0 Å². The number of nitrogens with zero attached hydrogens (tertiary/aromatic N) is 3. The number of ether oxygens (including phenoxy) is 1. The number of aliphatic hydroxyl groups is 1. The number of hydrogen-bond donors (Lipinski definition) is 1. The molecule has 0 saturated carbocycles. The fourth-order valence-electron chi connectivity index (χ4n) is 2.80. The molecule has 3 rings (SSSR count). The molecule has 1 aliphatic rings. The van der Waals surface area contributed by atoms with Crippen molar-refractivity contribution in [2.75, 3.05) is 6.61 Å². The Labute approximate surface area is 157 Å². The summed E-state index contributed by atoms with van der Waals surface area (Å²) < 4.78 is 34.2. The molecule has 3 heterocycles. The van der Waals surface area contributed by atoms with Crippen molar-refractivity contribution in [1.82, 2.24) is 14.5 Å². The minimum Gasteiger partial charge on any atom is -0.437 e. The van der Waals surface area contributed by atoms with Gasteiger partial charge in [0, 0.05) is 13.3 Å². The Morgan fingerprint density at radius 2 is 2.29 bits per heavy atom. The summed E-state index contributed by atoms with van der Waals surface area (Å²) in [7, 11) is -1.59. The number of hydrogen-bond acceptors (Lipinski definition) is 6. The molecule has 1 saturated heterocycles. The first-order valence-corrected chi connectivity index (χ1v) is 8.58. The van der Waals surface area contributed by atoms with Crippen molar-refractivity contribution >= 4 is 53.5 Å². The molecule has 7 nitrogen and oxygen atoms in total. The number of rotatable bonds is 6. The molecular formula is C13H17B2BrClN3O4. The Morgan fingerprint density at radius 3 is 3.00 bits per heavy atom. The zero-order valence-electron chi connectivity index (χ0n) is 15.1. The SMILES string of the molecule is [2H]B(C)OC[C@H]1O[C@@H](n2cc(Br)c3c(Cl)ncnc32)[C@H](O)[C@@H]1OB([2H])C. The van der Waals surface area contributed by atoms with Crippen LogP contribution in [0.2, 0.25) is 18.8 Å². The average Bonchev–Trinajstić information content (AvgIpc) is 3.04. The molecule has 0 spiro atoms. The van der Waals surface area contributed by atoms with E-state index >= 15 is 0 Å². The third-order valence-electron chi connectivity index (χ3n) is 3.82. The molecule has 4 atom stereocenters. The van der Waals surface area contributed by atoms with Gasteiger partial charge in [0.05, 0.1) is 18.1 Å². The van der Waals surface area contributed by atoms with Gasteiger partial charge in [0.25, 0.3) is 14.9 Å². The molecule has 0 aliphatic carbocycles. The van der Waals surface area contributed by atoms with Gasteiger partial charge in [-0.25, -0.2) is 9.97 Å². The fraction of sp³-hybridized carbons (Fsp3) is 0.538. The van der Waals surface area contributed by atoms with Gasteiger partial charge in [0.15, 0.2) is 6.23 Å². The van der Waals surface area contributed by atoms with Gasteiger partial charge in [0.2, 0.25) is 0 Å². The highest BCUT2D eigenvalue weighted by Crippen LogP contribution is 2.37. The van der Waals surface area contributed by atoms with Crippen molar-refractivity contribution in [1.29, 1.82) is 2.67 Å². The summed E-state index contributed by atoms with van der Waals surface area (Å²) in [6, 6.07) is 0. The molecule has 11 heteroatoms. The Balaban J connectivity index is 1.94. The Bertz CT molecular complexity index is 787. The van der Waals surface area contributed by atoms with Crippen LogP contribution in [0.25, 0.3) is 11.0 Å². The first-order chi connectivity index (χ1) is 12.3. The van der Waals surface area contributed by atoms with E-state index < -0.39 is 39.4 Å². The van der Waals surface area contributed by atoms with Gasteiger partial charge < -0.3 is 23.7 Å². The molecule has 2 aromatic rings. The molecule has 0 bridgehead atoms. The fourth-order valence-corrected chi connectivity index (χ4v) is 3.73. The van der Waals surface area contributed by atoms with E-state index in [1.807, 2.05) is 0 Å². The first-order valence-electron chi connectivity index (χ1n) is 8.56. The molecule has 0 aromatic carbocycles. The van der Waals surface area contributed by atoms with Crippen molar-refractivity contribution in [3.63, 3.8) is 0 Å². The summed E-state index contributed by atoms with van der Waals surface area (Å²) in [4.78, 5) is 8.20. The van der Waals surface area contributed by atoms with Gasteiger partial charge in [-0.2, -0.15) is 0 Å². The van der Waals surface area contributed by atoms with E-state index in [1.165, 1.54) is 6.33 Å². The van der Waals surface area contributed by atoms with E-state index in [9.17, 15) is 5.11 Å². The van der Waals surface area contributed by atoms with E-state index in [0.29, 0.717) is 15.5 Å². The molecule has 0 unspecified atom stereocenters. The zero-order chi connectivity index (χ0) is 19.0. The van der Waals surface area contributed by atoms with E-state index in [4.69, 9.17) is 28.3 Å². The maximum absolute atomic E-state index is 10.8. The van der Waals surface area contributed by atoms with Gasteiger partial charge in [-0.1, -0.05) is 25.2 Å². The number of halogens is 2. The number of aromatic nitrogens is 3. The van der Waals surface area contributed by atoms with Crippen LogP contribution < -0.4 is 0 Å². The van der Waals surface area contributed by atoms with Gasteiger partial charge in [-0.3, -0.25) is 0 Å². The van der Waals surface area contributed by atoms with E-state index in [1.54, 1.807) is 24.4 Å². The quantitative estimate of drug-likeness (QED) is 0.563. The van der Waals surface area contributed by atoms with E-state index in [2.05, 4.69) is 25.9 Å². The molecule has 0 amide bonds. The number of fused-ring (bicyclic) bond motifs is 1. The van der Waals surface area contributed by atoms with Gasteiger partial charge in [0.1, 0.15) is 29.3 Å². The second kappa shape index (κ2) is 7.72. The average molecular weight is 418 g/mol. The summed E-state index contributed by atoms with van der Waals surface area (Å²) >= 11 is 9.56. The minimum atomic E-state index is -1.06. The predicted molar refractivity (Wildman–Crippen MR) is 97.0 cm³/mol. The highest BCUT2D eigenvalue weighted by molar-refractivity contribution is 9.10. The largest absolute Gasteiger partial charge is 0.437 e. The molecule has 24 heavy (non-hydrogen) atoms. The number of aliphatic hydroxyl groups excluding tert-OH is 1. The Kier molecular flexibility index (Phi) is 5.02. The highest BCUT2D eigenvalue weighted by atomic mass is 79.9. The molecule has 2 aromatic heterocycles. The van der Waals surface area contributed by atoms with Gasteiger partial charge in [-0.05, 0) is 15.9 Å². The van der Waals surface area contributed by atoms with Crippen molar-refractivity contribution in [3.05, 3.63) is 22.1 Å². The minimum absolute atomic E-state index is 0.0612. The lowest BCUT2D eigenvalue weighted by molar-refractivity contribution is -0.0464. The summed E-state index contributed by atoms with van der Waals surface area (Å²) in [6.07, 6.45) is -0.251. The van der Waals surface area contributed by atoms with Crippen LogP contribution in [0.5, 0.6) is 0 Å². The van der Waals surface area contributed by atoms with Gasteiger partial charge in [-0.15, -0.1) is 0 Å². The topological polar surface area (TPSA) is 78.6 Å². The van der Waals surface area contributed by atoms with Crippen LogP contribution in [0.15, 0.2) is 17.0 Å². The van der Waals surface area contributed by atoms with Crippen LogP contribution in [0.4, 0.5) is 0 Å². The maximum Gasteiger partial charge on any atom is 0.272 e. The van der Waals surface area contributed by atoms with Crippen LogP contribution in [0.1, 0.15) is 6.23 Å². The maximum atomic E-state index is 10.8. The van der Waals surface area contributed by atoms with E-state index in [0.717, 1.165) is 0 Å². The van der Waals surface area contributed by atoms with Crippen molar-refractivity contribution in [2.45, 2.75) is 38.2 Å². The van der Waals surface area contributed by atoms with Crippen LogP contribution >= 0.6 is 27.5 Å². The zero-order valence-corrected chi connectivity index (χ0v) is 15.4. The van der Waals surface area contributed by atoms with Crippen LogP contribution in [-0.2, 0) is 14.0 Å². The molecule has 1 fully saturated rings. The second-order valence-electron chi connectivity index (χ2n) is 5.21. The van der Waals surface area contributed by atoms with Gasteiger partial charge >= 0.3 is 0 Å². The van der Waals surface area contributed by atoms with Crippen LogP contribution in [-0.4, -0.2) is 62.1 Å². The lowest BCUT2D eigenvalue weighted by Gasteiger charge is -2.20. The van der Waals surface area contributed by atoms with Crippen molar-refractivity contribution in [2.24, 2.45) is 0 Å². The molecule has 0 radical (unpaired) electrons. The molecule has 1 aliphatic heterocycles. The smallest absolute Gasteiger partial charge is 0.272 e. The normalized spacial score (nSPS) is 28.0. The van der Waals surface area contributed by atoms with Crippen LogP contribution in [0, 0.1) is 0 Å². The second-order valence-corrected chi connectivity index (χ2v) is 6.42. The van der Waals surface area contributed by atoms with Crippen molar-refractivity contribution < 1.29 is 19.2 Å². The first kappa shape index (κ1) is 15.6. The monoisotopic (exact) mass is 417 g/mol. The molecule has 128 valence electrons. The summed E-state index contributed by atoms with van der Waals surface area (Å²) in [5.41, 5.74) is 0.494. The Hall–Kier alpha value is -0.640.